The summed E-state index contributed by atoms with van der Waals surface area (Å²) in [5.41, 5.74) is 0. The lowest BCUT2D eigenvalue weighted by molar-refractivity contribution is -0.134. The van der Waals surface area contributed by atoms with Crippen LogP contribution in [0.4, 0.5) is 0 Å². The van der Waals surface area contributed by atoms with Crippen LogP contribution in [0.3, 0.4) is 0 Å². The summed E-state index contributed by atoms with van der Waals surface area (Å²) in [6.07, 6.45) is 0.196. The fourth-order valence-electron chi connectivity index (χ4n) is 2.25. The third-order valence-corrected chi connectivity index (χ3v) is 3.35. The van der Waals surface area contributed by atoms with Gasteiger partial charge in [-0.3, -0.25) is 4.79 Å². The molecular weight excluding hydrogens is 234 g/mol. The maximum absolute atomic E-state index is 11.9. The van der Waals surface area contributed by atoms with Crippen LogP contribution in [0.25, 0.3) is 0 Å². The molecule has 2 fully saturated rings. The van der Waals surface area contributed by atoms with Gasteiger partial charge in [-0.05, 0) is 7.05 Å². The van der Waals surface area contributed by atoms with E-state index in [1.54, 1.807) is 0 Å². The Bertz CT molecular complexity index is 269. The van der Waals surface area contributed by atoms with Crippen molar-refractivity contribution in [3.63, 3.8) is 0 Å². The van der Waals surface area contributed by atoms with Crippen LogP contribution in [0.2, 0.25) is 0 Å². The van der Waals surface area contributed by atoms with E-state index in [1.807, 2.05) is 4.90 Å². The first-order chi connectivity index (χ1) is 8.75. The summed E-state index contributed by atoms with van der Waals surface area (Å²) in [7, 11) is 2.09. The number of carbonyl (C=O) groups is 1. The van der Waals surface area contributed by atoms with Crippen LogP contribution in [0.1, 0.15) is 0 Å². The first-order valence-corrected chi connectivity index (χ1v) is 6.62. The van der Waals surface area contributed by atoms with Crippen LogP contribution in [-0.2, 0) is 14.3 Å². The Balaban J connectivity index is 1.60. The van der Waals surface area contributed by atoms with Crippen LogP contribution in [-0.4, -0.2) is 87.9 Å². The molecule has 104 valence electrons. The van der Waals surface area contributed by atoms with Gasteiger partial charge in [0.2, 0.25) is 5.91 Å². The number of hydrogen-bond donors (Lipinski definition) is 1. The standard InChI is InChI=1S/C12H23N3O3/c1-14-2-7-18-11(10-14)8-13-9-12(16)15-3-5-17-6-4-15/h11,13H,2-10H2,1H3. The maximum Gasteiger partial charge on any atom is 0.236 e. The first-order valence-electron chi connectivity index (χ1n) is 6.62. The highest BCUT2D eigenvalue weighted by molar-refractivity contribution is 5.78. The molecular formula is C12H23N3O3. The van der Waals surface area contributed by atoms with Crippen molar-refractivity contribution in [1.29, 1.82) is 0 Å². The summed E-state index contributed by atoms with van der Waals surface area (Å²) >= 11 is 0. The van der Waals surface area contributed by atoms with Crippen LogP contribution >= 0.6 is 0 Å². The second-order valence-corrected chi connectivity index (χ2v) is 4.88. The molecule has 0 spiro atoms. The van der Waals surface area contributed by atoms with Crippen molar-refractivity contribution < 1.29 is 14.3 Å². The lowest BCUT2D eigenvalue weighted by atomic mass is 10.3. The number of likely N-dealkylation sites (N-methyl/N-ethyl adjacent to an activating group) is 1. The minimum Gasteiger partial charge on any atom is -0.378 e. The number of hydrogen-bond acceptors (Lipinski definition) is 5. The molecule has 2 rings (SSSR count). The van der Waals surface area contributed by atoms with Gasteiger partial charge in [0.25, 0.3) is 0 Å². The molecule has 18 heavy (non-hydrogen) atoms. The molecule has 0 aromatic heterocycles. The summed E-state index contributed by atoms with van der Waals surface area (Å²) in [6, 6.07) is 0. The zero-order valence-electron chi connectivity index (χ0n) is 11.1. The molecule has 0 bridgehead atoms. The molecule has 2 aliphatic rings. The van der Waals surface area contributed by atoms with Gasteiger partial charge in [-0.25, -0.2) is 0 Å². The maximum atomic E-state index is 11.9. The molecule has 2 heterocycles. The van der Waals surface area contributed by atoms with Crippen molar-refractivity contribution >= 4 is 5.91 Å². The Hall–Kier alpha value is -0.690. The molecule has 1 amide bonds. The Morgan fingerprint density at radius 2 is 2.06 bits per heavy atom. The second kappa shape index (κ2) is 7.04. The van der Waals surface area contributed by atoms with Gasteiger partial charge in [0.05, 0.1) is 32.5 Å². The quantitative estimate of drug-likeness (QED) is 0.683. The molecule has 0 radical (unpaired) electrons. The predicted octanol–water partition coefficient (Wildman–Crippen LogP) is -1.23. The number of amides is 1. The van der Waals surface area contributed by atoms with E-state index >= 15 is 0 Å². The number of carbonyl (C=O) groups excluding carboxylic acids is 1. The molecule has 1 unspecified atom stereocenters. The highest BCUT2D eigenvalue weighted by Crippen LogP contribution is 2.01. The molecule has 0 aliphatic carbocycles. The monoisotopic (exact) mass is 257 g/mol. The predicted molar refractivity (Wildman–Crippen MR) is 67.5 cm³/mol. The summed E-state index contributed by atoms with van der Waals surface area (Å²) in [6.45, 7) is 6.56. The van der Waals surface area contributed by atoms with Crippen molar-refractivity contribution in [2.75, 3.05) is 66.1 Å². The Kier molecular flexibility index (Phi) is 5.37. The highest BCUT2D eigenvalue weighted by atomic mass is 16.5. The lowest BCUT2D eigenvalue weighted by Gasteiger charge is -2.30. The van der Waals surface area contributed by atoms with Crippen LogP contribution in [0.5, 0.6) is 0 Å². The number of nitrogens with one attached hydrogen (secondary N) is 1. The van der Waals surface area contributed by atoms with Gasteiger partial charge in [-0.15, -0.1) is 0 Å². The van der Waals surface area contributed by atoms with Gasteiger partial charge < -0.3 is 24.6 Å². The van der Waals surface area contributed by atoms with Crippen LogP contribution in [0.15, 0.2) is 0 Å². The molecule has 6 heteroatoms. The Morgan fingerprint density at radius 3 is 2.78 bits per heavy atom. The molecule has 0 aromatic rings. The molecule has 2 saturated heterocycles. The van der Waals surface area contributed by atoms with E-state index in [0.717, 1.165) is 26.2 Å². The molecule has 1 atom stereocenters. The van der Waals surface area contributed by atoms with Gasteiger partial charge in [-0.1, -0.05) is 0 Å². The minimum atomic E-state index is 0.155. The molecule has 2 aliphatic heterocycles. The van der Waals surface area contributed by atoms with Gasteiger partial charge in [0.1, 0.15) is 0 Å². The van der Waals surface area contributed by atoms with E-state index in [9.17, 15) is 4.79 Å². The van der Waals surface area contributed by atoms with Gasteiger partial charge in [0, 0.05) is 32.7 Å². The SMILES string of the molecule is CN1CCOC(CNCC(=O)N2CCOCC2)C1. The average Bonchev–Trinajstić information content (AvgIpc) is 2.40. The summed E-state index contributed by atoms with van der Waals surface area (Å²) < 4.78 is 10.8. The molecule has 1 N–H and O–H groups in total. The topological polar surface area (TPSA) is 54.0 Å². The van der Waals surface area contributed by atoms with Crippen molar-refractivity contribution in [2.45, 2.75) is 6.10 Å². The normalized spacial score (nSPS) is 26.3. The van der Waals surface area contributed by atoms with Crippen molar-refractivity contribution in [2.24, 2.45) is 0 Å². The summed E-state index contributed by atoms with van der Waals surface area (Å²) in [4.78, 5) is 16.0. The first kappa shape index (κ1) is 13.7. The van der Waals surface area contributed by atoms with E-state index in [2.05, 4.69) is 17.3 Å². The zero-order chi connectivity index (χ0) is 12.8. The number of morpholine rings is 2. The third kappa shape index (κ3) is 4.20. The molecule has 0 saturated carbocycles. The Labute approximate surface area is 108 Å². The van der Waals surface area contributed by atoms with E-state index in [4.69, 9.17) is 9.47 Å². The van der Waals surface area contributed by atoms with Gasteiger partial charge in [0.15, 0.2) is 0 Å². The minimum absolute atomic E-state index is 0.155. The Morgan fingerprint density at radius 1 is 1.28 bits per heavy atom. The zero-order valence-corrected chi connectivity index (χ0v) is 11.1. The van der Waals surface area contributed by atoms with Crippen LogP contribution < -0.4 is 5.32 Å². The largest absolute Gasteiger partial charge is 0.378 e. The summed E-state index contributed by atoms with van der Waals surface area (Å²) in [5, 5.41) is 3.19. The number of rotatable bonds is 4. The van der Waals surface area contributed by atoms with E-state index in [1.165, 1.54) is 0 Å². The third-order valence-electron chi connectivity index (χ3n) is 3.35. The van der Waals surface area contributed by atoms with E-state index in [0.29, 0.717) is 32.8 Å². The number of nitrogens with zero attached hydrogens (tertiary/aromatic N) is 2. The molecule has 6 nitrogen and oxygen atoms in total. The molecule has 0 aromatic carbocycles. The second-order valence-electron chi connectivity index (χ2n) is 4.88. The fraction of sp³-hybridized carbons (Fsp3) is 0.917. The lowest BCUT2D eigenvalue weighted by Crippen LogP contribution is -2.48. The van der Waals surface area contributed by atoms with Crippen molar-refractivity contribution in [1.82, 2.24) is 15.1 Å². The smallest absolute Gasteiger partial charge is 0.236 e. The van der Waals surface area contributed by atoms with Gasteiger partial charge >= 0.3 is 0 Å². The fourth-order valence-corrected chi connectivity index (χ4v) is 2.25. The van der Waals surface area contributed by atoms with E-state index in [-0.39, 0.29) is 12.0 Å². The van der Waals surface area contributed by atoms with Crippen molar-refractivity contribution in [3.05, 3.63) is 0 Å². The van der Waals surface area contributed by atoms with Crippen LogP contribution in [0, 0.1) is 0 Å². The van der Waals surface area contributed by atoms with Crippen molar-refractivity contribution in [3.8, 4) is 0 Å². The highest BCUT2D eigenvalue weighted by Gasteiger charge is 2.19. The van der Waals surface area contributed by atoms with E-state index < -0.39 is 0 Å². The van der Waals surface area contributed by atoms with Gasteiger partial charge in [-0.2, -0.15) is 0 Å². The summed E-state index contributed by atoms with van der Waals surface area (Å²) in [5.74, 6) is 0.155. The number of ether oxygens (including phenoxy) is 2. The average molecular weight is 257 g/mol.